The Morgan fingerprint density at radius 3 is 2.71 bits per heavy atom. The van der Waals surface area contributed by atoms with E-state index in [0.29, 0.717) is 17.9 Å². The van der Waals surface area contributed by atoms with Crippen LogP contribution in [0.25, 0.3) is 11.0 Å². The summed E-state index contributed by atoms with van der Waals surface area (Å²) in [6.45, 7) is 12.7. The van der Waals surface area contributed by atoms with Crippen LogP contribution in [-0.4, -0.2) is 36.5 Å². The number of nitrogens with zero attached hydrogens (tertiary/aromatic N) is 1. The maximum Gasteiger partial charge on any atom is 0.224 e. The fourth-order valence-electron chi connectivity index (χ4n) is 4.51. The van der Waals surface area contributed by atoms with Gasteiger partial charge in [-0.05, 0) is 61.3 Å². The number of furan rings is 1. The molecule has 4 nitrogen and oxygen atoms in total. The minimum Gasteiger partial charge on any atom is -0.464 e. The van der Waals surface area contributed by atoms with E-state index in [-0.39, 0.29) is 5.91 Å². The van der Waals surface area contributed by atoms with E-state index in [9.17, 15) is 4.79 Å². The third-order valence-corrected chi connectivity index (χ3v) is 5.79. The first kappa shape index (κ1) is 20.9. The molecule has 0 radical (unpaired) electrons. The van der Waals surface area contributed by atoms with Crippen molar-refractivity contribution >= 4 is 16.9 Å². The molecule has 1 N–H and O–H groups in total. The molecule has 0 bridgehead atoms. The first-order valence-electron chi connectivity index (χ1n) is 10.8. The molecule has 1 aromatic heterocycles. The van der Waals surface area contributed by atoms with Gasteiger partial charge in [0, 0.05) is 24.5 Å². The van der Waals surface area contributed by atoms with Gasteiger partial charge in [-0.15, -0.1) is 0 Å². The van der Waals surface area contributed by atoms with Crippen LogP contribution in [0.5, 0.6) is 0 Å². The highest BCUT2D eigenvalue weighted by atomic mass is 16.3. The Bertz CT molecular complexity index is 766. The quantitative estimate of drug-likeness (QED) is 0.729. The number of piperidine rings is 1. The average Bonchev–Trinajstić information content (AvgIpc) is 3.09. The van der Waals surface area contributed by atoms with Crippen molar-refractivity contribution < 1.29 is 9.21 Å². The Morgan fingerprint density at radius 2 is 2.00 bits per heavy atom. The van der Waals surface area contributed by atoms with Crippen LogP contribution < -0.4 is 5.32 Å². The number of carbonyl (C=O) groups excluding carboxylic acids is 1. The number of amides is 1. The molecule has 0 aliphatic carbocycles. The van der Waals surface area contributed by atoms with E-state index < -0.39 is 0 Å². The normalized spacial score (nSPS) is 17.7. The van der Waals surface area contributed by atoms with Gasteiger partial charge in [0.25, 0.3) is 0 Å². The van der Waals surface area contributed by atoms with Crippen LogP contribution in [-0.2, 0) is 11.2 Å². The monoisotopic (exact) mass is 384 g/mol. The van der Waals surface area contributed by atoms with Crippen LogP contribution in [0.2, 0.25) is 0 Å². The van der Waals surface area contributed by atoms with Gasteiger partial charge in [0.05, 0.1) is 12.7 Å². The van der Waals surface area contributed by atoms with Gasteiger partial charge in [-0.1, -0.05) is 39.8 Å². The third-order valence-electron chi connectivity index (χ3n) is 5.79. The van der Waals surface area contributed by atoms with Crippen LogP contribution >= 0.6 is 0 Å². The van der Waals surface area contributed by atoms with Crippen molar-refractivity contribution in [3.05, 3.63) is 36.1 Å². The third kappa shape index (κ3) is 6.10. The highest BCUT2D eigenvalue weighted by Gasteiger charge is 2.22. The molecule has 1 atom stereocenters. The van der Waals surface area contributed by atoms with Crippen molar-refractivity contribution in [1.82, 2.24) is 10.2 Å². The van der Waals surface area contributed by atoms with Crippen LogP contribution in [0.4, 0.5) is 0 Å². The molecular formula is C24H36N2O2. The lowest BCUT2D eigenvalue weighted by Crippen LogP contribution is -2.45. The van der Waals surface area contributed by atoms with E-state index in [0.717, 1.165) is 48.4 Å². The molecule has 0 spiro atoms. The van der Waals surface area contributed by atoms with Gasteiger partial charge < -0.3 is 14.6 Å². The summed E-state index contributed by atoms with van der Waals surface area (Å²) in [4.78, 5) is 15.1. The summed E-state index contributed by atoms with van der Waals surface area (Å²) in [5.74, 6) is 0.883. The molecule has 1 unspecified atom stereocenters. The summed E-state index contributed by atoms with van der Waals surface area (Å²) in [5, 5.41) is 4.28. The number of rotatable bonds is 7. The topological polar surface area (TPSA) is 45.5 Å². The van der Waals surface area contributed by atoms with Crippen LogP contribution in [0.1, 0.15) is 58.9 Å². The number of nitrogens with one attached hydrogen (secondary N) is 1. The van der Waals surface area contributed by atoms with E-state index in [1.54, 1.807) is 6.26 Å². The summed E-state index contributed by atoms with van der Waals surface area (Å²) < 4.78 is 5.43. The van der Waals surface area contributed by atoms with Gasteiger partial charge in [0.15, 0.2) is 0 Å². The smallest absolute Gasteiger partial charge is 0.224 e. The van der Waals surface area contributed by atoms with Crippen LogP contribution in [0, 0.1) is 11.3 Å². The lowest BCUT2D eigenvalue weighted by Gasteiger charge is -2.33. The molecule has 1 aliphatic heterocycles. The van der Waals surface area contributed by atoms with Gasteiger partial charge in [-0.2, -0.15) is 0 Å². The Morgan fingerprint density at radius 1 is 1.25 bits per heavy atom. The average molecular weight is 385 g/mol. The molecule has 3 rings (SSSR count). The number of hydrogen-bond acceptors (Lipinski definition) is 3. The van der Waals surface area contributed by atoms with Gasteiger partial charge in [-0.3, -0.25) is 4.79 Å². The summed E-state index contributed by atoms with van der Waals surface area (Å²) in [6.07, 6.45) is 6.75. The van der Waals surface area contributed by atoms with Crippen molar-refractivity contribution in [2.24, 2.45) is 11.3 Å². The SMILES string of the molecule is CC(CCN1CCC(NC(=O)Cc2cccc3occc23)CC1)CC(C)(C)C. The summed E-state index contributed by atoms with van der Waals surface area (Å²) in [5.41, 5.74) is 2.30. The first-order valence-corrected chi connectivity index (χ1v) is 10.8. The second kappa shape index (κ2) is 9.13. The fourth-order valence-corrected chi connectivity index (χ4v) is 4.51. The van der Waals surface area contributed by atoms with E-state index in [1.165, 1.54) is 19.4 Å². The molecule has 1 fully saturated rings. The molecule has 28 heavy (non-hydrogen) atoms. The number of fused-ring (bicyclic) bond motifs is 1. The highest BCUT2D eigenvalue weighted by molar-refractivity contribution is 5.87. The van der Waals surface area contributed by atoms with E-state index in [1.807, 2.05) is 24.3 Å². The molecule has 4 heteroatoms. The minimum atomic E-state index is 0.117. The maximum atomic E-state index is 12.5. The number of hydrogen-bond donors (Lipinski definition) is 1. The van der Waals surface area contributed by atoms with Gasteiger partial charge >= 0.3 is 0 Å². The predicted molar refractivity (Wildman–Crippen MR) is 115 cm³/mol. The molecule has 2 aromatic rings. The van der Waals surface area contributed by atoms with Gasteiger partial charge in [0.1, 0.15) is 5.58 Å². The van der Waals surface area contributed by atoms with Crippen molar-refractivity contribution in [2.75, 3.05) is 19.6 Å². The van der Waals surface area contributed by atoms with Crippen molar-refractivity contribution in [3.8, 4) is 0 Å². The Labute approximate surface area is 169 Å². The van der Waals surface area contributed by atoms with Crippen molar-refractivity contribution in [1.29, 1.82) is 0 Å². The second-order valence-electron chi connectivity index (χ2n) is 9.77. The van der Waals surface area contributed by atoms with Crippen LogP contribution in [0.15, 0.2) is 34.9 Å². The second-order valence-corrected chi connectivity index (χ2v) is 9.77. The Balaban J connectivity index is 1.39. The molecule has 0 saturated carbocycles. The summed E-state index contributed by atoms with van der Waals surface area (Å²) in [6, 6.07) is 8.15. The van der Waals surface area contributed by atoms with Gasteiger partial charge in [-0.25, -0.2) is 0 Å². The standard InChI is InChI=1S/C24H36N2O2/c1-18(17-24(2,3)4)8-12-26-13-9-20(10-14-26)25-23(27)16-19-6-5-7-22-21(19)11-15-28-22/h5-7,11,15,18,20H,8-10,12-14,16-17H2,1-4H3,(H,25,27). The maximum absolute atomic E-state index is 12.5. The molecule has 1 aliphatic rings. The lowest BCUT2D eigenvalue weighted by atomic mass is 9.84. The largest absolute Gasteiger partial charge is 0.464 e. The molecule has 2 heterocycles. The lowest BCUT2D eigenvalue weighted by molar-refractivity contribution is -0.121. The Kier molecular flexibility index (Phi) is 6.82. The molecular weight excluding hydrogens is 348 g/mol. The van der Waals surface area contributed by atoms with E-state index in [2.05, 4.69) is 37.9 Å². The van der Waals surface area contributed by atoms with Gasteiger partial charge in [0.2, 0.25) is 5.91 Å². The Hall–Kier alpha value is -1.81. The summed E-state index contributed by atoms with van der Waals surface area (Å²) in [7, 11) is 0. The number of carbonyl (C=O) groups is 1. The predicted octanol–water partition coefficient (Wildman–Crippen LogP) is 5.02. The molecule has 1 aromatic carbocycles. The number of benzene rings is 1. The zero-order valence-electron chi connectivity index (χ0n) is 18.0. The fraction of sp³-hybridized carbons (Fsp3) is 0.625. The molecule has 1 saturated heterocycles. The van der Waals surface area contributed by atoms with Crippen molar-refractivity contribution in [3.63, 3.8) is 0 Å². The number of likely N-dealkylation sites (tertiary alicyclic amines) is 1. The highest BCUT2D eigenvalue weighted by Crippen LogP contribution is 2.26. The van der Waals surface area contributed by atoms with Crippen molar-refractivity contribution in [2.45, 2.75) is 65.8 Å². The zero-order chi connectivity index (χ0) is 20.1. The first-order chi connectivity index (χ1) is 13.3. The van der Waals surface area contributed by atoms with Crippen LogP contribution in [0.3, 0.4) is 0 Å². The zero-order valence-corrected chi connectivity index (χ0v) is 18.0. The summed E-state index contributed by atoms with van der Waals surface area (Å²) >= 11 is 0. The van der Waals surface area contributed by atoms with E-state index >= 15 is 0 Å². The minimum absolute atomic E-state index is 0.117. The molecule has 154 valence electrons. The molecule has 1 amide bonds. The van der Waals surface area contributed by atoms with E-state index in [4.69, 9.17) is 4.42 Å².